The van der Waals surface area contributed by atoms with E-state index in [0.717, 1.165) is 38.4 Å². The topological polar surface area (TPSA) is 109 Å². The molecular weight excluding hydrogens is 402 g/mol. The molecule has 0 atom stereocenters. The smallest absolute Gasteiger partial charge is 0.238 e. The highest BCUT2D eigenvalue weighted by Crippen LogP contribution is 2.13. The van der Waals surface area contributed by atoms with E-state index in [4.69, 9.17) is 9.88 Å². The van der Waals surface area contributed by atoms with Gasteiger partial charge in [0.1, 0.15) is 0 Å². The molecule has 1 saturated heterocycles. The highest BCUT2D eigenvalue weighted by atomic mass is 32.2. The summed E-state index contributed by atoms with van der Waals surface area (Å²) in [4.78, 5) is 6.75. The van der Waals surface area contributed by atoms with Gasteiger partial charge < -0.3 is 15.4 Å². The summed E-state index contributed by atoms with van der Waals surface area (Å²) in [6, 6.07) is 14.9. The summed E-state index contributed by atoms with van der Waals surface area (Å²) >= 11 is 0. The molecule has 0 amide bonds. The third kappa shape index (κ3) is 6.53. The zero-order chi connectivity index (χ0) is 21.4. The van der Waals surface area contributed by atoms with Crippen LogP contribution in [0.1, 0.15) is 16.7 Å². The lowest BCUT2D eigenvalue weighted by atomic mass is 10.1. The fourth-order valence-electron chi connectivity index (χ4n) is 3.30. The highest BCUT2D eigenvalue weighted by molar-refractivity contribution is 7.89. The van der Waals surface area contributed by atoms with E-state index in [9.17, 15) is 8.42 Å². The molecule has 30 heavy (non-hydrogen) atoms. The van der Waals surface area contributed by atoms with E-state index < -0.39 is 10.0 Å². The molecular formula is C21H29N5O3S. The van der Waals surface area contributed by atoms with Gasteiger partial charge in [-0.05, 0) is 28.8 Å². The maximum absolute atomic E-state index is 11.5. The second-order valence-electron chi connectivity index (χ2n) is 7.13. The lowest BCUT2D eigenvalue weighted by molar-refractivity contribution is 0.0341. The molecule has 0 spiro atoms. The quantitative estimate of drug-likeness (QED) is 0.446. The number of guanidine groups is 1. The van der Waals surface area contributed by atoms with E-state index >= 15 is 0 Å². The van der Waals surface area contributed by atoms with Crippen molar-refractivity contribution in [1.82, 2.24) is 15.5 Å². The molecule has 0 aromatic heterocycles. The van der Waals surface area contributed by atoms with Gasteiger partial charge in [0.15, 0.2) is 5.96 Å². The summed E-state index contributed by atoms with van der Waals surface area (Å²) in [6.45, 7) is 5.42. The number of nitrogens with zero attached hydrogens (tertiary/aromatic N) is 2. The van der Waals surface area contributed by atoms with Gasteiger partial charge in [0, 0.05) is 39.8 Å². The van der Waals surface area contributed by atoms with Crippen molar-refractivity contribution >= 4 is 16.0 Å². The van der Waals surface area contributed by atoms with Gasteiger partial charge in [-0.15, -0.1) is 0 Å². The Kier molecular flexibility index (Phi) is 7.81. The number of nitrogens with two attached hydrogens (primary N) is 1. The predicted octanol–water partition coefficient (Wildman–Crippen LogP) is 1.03. The predicted molar refractivity (Wildman–Crippen MR) is 117 cm³/mol. The van der Waals surface area contributed by atoms with Crippen molar-refractivity contribution < 1.29 is 13.2 Å². The summed E-state index contributed by atoms with van der Waals surface area (Å²) in [5, 5.41) is 11.7. The monoisotopic (exact) mass is 431 g/mol. The maximum Gasteiger partial charge on any atom is 0.238 e. The number of morpholine rings is 1. The molecule has 0 radical (unpaired) electrons. The molecule has 0 saturated carbocycles. The third-order valence-electron chi connectivity index (χ3n) is 4.97. The van der Waals surface area contributed by atoms with Crippen LogP contribution < -0.4 is 15.8 Å². The summed E-state index contributed by atoms with van der Waals surface area (Å²) in [7, 11) is -2.01. The van der Waals surface area contributed by atoms with E-state index in [1.165, 1.54) is 17.2 Å². The number of primary sulfonamides is 1. The lowest BCUT2D eigenvalue weighted by Crippen LogP contribution is -2.37. The molecule has 9 heteroatoms. The third-order valence-corrected chi connectivity index (χ3v) is 5.88. The van der Waals surface area contributed by atoms with Gasteiger partial charge in [0.05, 0.1) is 18.1 Å². The van der Waals surface area contributed by atoms with Crippen LogP contribution in [0.3, 0.4) is 0 Å². The first-order chi connectivity index (χ1) is 14.5. The van der Waals surface area contributed by atoms with Crippen LogP contribution in [0.25, 0.3) is 0 Å². The summed E-state index contributed by atoms with van der Waals surface area (Å²) < 4.78 is 28.5. The van der Waals surface area contributed by atoms with Gasteiger partial charge >= 0.3 is 0 Å². The van der Waals surface area contributed by atoms with Gasteiger partial charge in [-0.1, -0.05) is 36.4 Å². The second kappa shape index (κ2) is 10.5. The Morgan fingerprint density at radius 3 is 2.47 bits per heavy atom. The number of nitrogens with one attached hydrogen (secondary N) is 2. The summed E-state index contributed by atoms with van der Waals surface area (Å²) in [6.07, 6.45) is 0. The van der Waals surface area contributed by atoms with Crippen LogP contribution in [-0.4, -0.2) is 52.6 Å². The summed E-state index contributed by atoms with van der Waals surface area (Å²) in [5.41, 5.74) is 3.29. The Labute approximate surface area is 178 Å². The average molecular weight is 432 g/mol. The van der Waals surface area contributed by atoms with E-state index in [2.05, 4.69) is 38.7 Å². The summed E-state index contributed by atoms with van der Waals surface area (Å²) in [5.74, 6) is 0.636. The molecule has 1 fully saturated rings. The molecule has 2 aromatic rings. The van der Waals surface area contributed by atoms with Crippen molar-refractivity contribution in [2.24, 2.45) is 10.1 Å². The number of benzene rings is 2. The number of rotatable bonds is 7. The fraction of sp³-hybridized carbons (Fsp3) is 0.381. The first-order valence-corrected chi connectivity index (χ1v) is 11.4. The van der Waals surface area contributed by atoms with Crippen LogP contribution in [0.2, 0.25) is 0 Å². The van der Waals surface area contributed by atoms with Gasteiger partial charge in [-0.25, -0.2) is 13.6 Å². The Morgan fingerprint density at radius 1 is 1.07 bits per heavy atom. The van der Waals surface area contributed by atoms with E-state index in [-0.39, 0.29) is 4.90 Å². The Hall–Kier alpha value is -2.46. The molecule has 0 bridgehead atoms. The van der Waals surface area contributed by atoms with Gasteiger partial charge in [-0.2, -0.15) is 0 Å². The minimum atomic E-state index is -3.72. The molecule has 4 N–H and O–H groups in total. The van der Waals surface area contributed by atoms with Crippen LogP contribution in [0.4, 0.5) is 0 Å². The molecule has 1 aliphatic rings. The highest BCUT2D eigenvalue weighted by Gasteiger charge is 2.13. The molecule has 1 heterocycles. The Bertz CT molecular complexity index is 972. The minimum absolute atomic E-state index is 0.0989. The molecule has 162 valence electrons. The minimum Gasteiger partial charge on any atom is -0.379 e. The number of hydrogen-bond donors (Lipinski definition) is 3. The maximum atomic E-state index is 11.5. The van der Waals surface area contributed by atoms with Crippen molar-refractivity contribution in [3.8, 4) is 0 Å². The van der Waals surface area contributed by atoms with E-state index in [1.807, 2.05) is 12.1 Å². The standard InChI is InChI=1S/C21H29N5O3S/c1-23-21(24-14-17-5-4-8-20(13-17)30(22,27)28)25-15-18-6-2-3-7-19(18)16-26-9-11-29-12-10-26/h2-8,13H,9-12,14-16H2,1H3,(H2,22,27,28)(H2,23,24,25). The van der Waals surface area contributed by atoms with E-state index in [0.29, 0.717) is 19.0 Å². The van der Waals surface area contributed by atoms with Crippen molar-refractivity contribution in [3.63, 3.8) is 0 Å². The van der Waals surface area contributed by atoms with Crippen LogP contribution in [0.15, 0.2) is 58.4 Å². The molecule has 0 unspecified atom stereocenters. The molecule has 3 rings (SSSR count). The van der Waals surface area contributed by atoms with Crippen molar-refractivity contribution in [2.75, 3.05) is 33.4 Å². The Morgan fingerprint density at radius 2 is 1.77 bits per heavy atom. The first-order valence-electron chi connectivity index (χ1n) is 9.89. The molecule has 8 nitrogen and oxygen atoms in total. The molecule has 0 aliphatic carbocycles. The largest absolute Gasteiger partial charge is 0.379 e. The number of sulfonamides is 1. The molecule has 1 aliphatic heterocycles. The SMILES string of the molecule is CN=C(NCc1cccc(S(N)(=O)=O)c1)NCc1ccccc1CN1CCOCC1. The fourth-order valence-corrected chi connectivity index (χ4v) is 3.89. The van der Waals surface area contributed by atoms with Gasteiger partial charge in [0.2, 0.25) is 10.0 Å². The number of ether oxygens (including phenoxy) is 1. The van der Waals surface area contributed by atoms with Gasteiger partial charge in [0.25, 0.3) is 0 Å². The Balaban J connectivity index is 1.57. The van der Waals surface area contributed by atoms with Crippen LogP contribution in [-0.2, 0) is 34.4 Å². The lowest BCUT2D eigenvalue weighted by Gasteiger charge is -2.27. The zero-order valence-electron chi connectivity index (χ0n) is 17.2. The number of aliphatic imine (C=N–C) groups is 1. The average Bonchev–Trinajstić information content (AvgIpc) is 2.75. The van der Waals surface area contributed by atoms with Crippen LogP contribution >= 0.6 is 0 Å². The van der Waals surface area contributed by atoms with E-state index in [1.54, 1.807) is 19.2 Å². The van der Waals surface area contributed by atoms with Crippen molar-refractivity contribution in [3.05, 3.63) is 65.2 Å². The van der Waals surface area contributed by atoms with Crippen LogP contribution in [0, 0.1) is 0 Å². The van der Waals surface area contributed by atoms with Crippen molar-refractivity contribution in [2.45, 2.75) is 24.5 Å². The van der Waals surface area contributed by atoms with Gasteiger partial charge in [-0.3, -0.25) is 9.89 Å². The number of hydrogen-bond acceptors (Lipinski definition) is 5. The zero-order valence-corrected chi connectivity index (χ0v) is 18.0. The van der Waals surface area contributed by atoms with Crippen molar-refractivity contribution in [1.29, 1.82) is 0 Å². The second-order valence-corrected chi connectivity index (χ2v) is 8.69. The first kappa shape index (κ1) is 22.2. The normalized spacial score (nSPS) is 15.7. The molecule has 2 aromatic carbocycles. The van der Waals surface area contributed by atoms with Crippen LogP contribution in [0.5, 0.6) is 0 Å².